The van der Waals surface area contributed by atoms with Gasteiger partial charge in [0.2, 0.25) is 12.0 Å². The van der Waals surface area contributed by atoms with E-state index >= 15 is 0 Å². The van der Waals surface area contributed by atoms with Gasteiger partial charge in [-0.1, -0.05) is 19.1 Å². The largest absolute Gasteiger partial charge is 0.497 e. The van der Waals surface area contributed by atoms with Crippen molar-refractivity contribution in [3.63, 3.8) is 0 Å². The SMILES string of the molecule is CCCC(=O)C(F)C(=O)c1cccc(OC)c1. The fraction of sp³-hybridized carbons (Fsp3) is 0.385. The minimum absolute atomic E-state index is 0.0802. The maximum atomic E-state index is 13.6. The Balaban J connectivity index is 2.84. The van der Waals surface area contributed by atoms with E-state index < -0.39 is 17.7 Å². The molecule has 0 N–H and O–H groups in total. The van der Waals surface area contributed by atoms with Crippen molar-refractivity contribution < 1.29 is 18.7 Å². The van der Waals surface area contributed by atoms with E-state index in [-0.39, 0.29) is 12.0 Å². The maximum Gasteiger partial charge on any atom is 0.220 e. The van der Waals surface area contributed by atoms with Crippen LogP contribution in [0.5, 0.6) is 5.75 Å². The Labute approximate surface area is 99.6 Å². The molecule has 1 rings (SSSR count). The zero-order valence-corrected chi connectivity index (χ0v) is 9.90. The molecule has 4 heteroatoms. The number of hydrogen-bond acceptors (Lipinski definition) is 3. The summed E-state index contributed by atoms with van der Waals surface area (Å²) in [5.41, 5.74) is 0.154. The highest BCUT2D eigenvalue weighted by Crippen LogP contribution is 2.16. The van der Waals surface area contributed by atoms with Crippen LogP contribution in [0.1, 0.15) is 30.1 Å². The van der Waals surface area contributed by atoms with Crippen molar-refractivity contribution >= 4 is 11.6 Å². The third kappa shape index (κ3) is 3.37. The Morgan fingerprint density at radius 3 is 2.71 bits per heavy atom. The highest BCUT2D eigenvalue weighted by molar-refractivity contribution is 6.13. The number of benzene rings is 1. The predicted molar refractivity (Wildman–Crippen MR) is 62.1 cm³/mol. The molecule has 0 fully saturated rings. The van der Waals surface area contributed by atoms with Gasteiger partial charge in [0, 0.05) is 12.0 Å². The molecule has 0 bridgehead atoms. The van der Waals surface area contributed by atoms with E-state index in [0.717, 1.165) is 0 Å². The first kappa shape index (κ1) is 13.4. The number of carbonyl (C=O) groups excluding carboxylic acids is 2. The fourth-order valence-electron chi connectivity index (χ4n) is 1.44. The Morgan fingerprint density at radius 1 is 1.41 bits per heavy atom. The fourth-order valence-corrected chi connectivity index (χ4v) is 1.44. The number of Topliss-reactive ketones (excluding diaryl/α,β-unsaturated/α-hetero) is 2. The topological polar surface area (TPSA) is 43.4 Å². The van der Waals surface area contributed by atoms with Crippen LogP contribution in [0.2, 0.25) is 0 Å². The summed E-state index contributed by atoms with van der Waals surface area (Å²) in [4.78, 5) is 23.0. The van der Waals surface area contributed by atoms with Gasteiger partial charge in [-0.05, 0) is 18.6 Å². The second-order valence-electron chi connectivity index (χ2n) is 3.68. The lowest BCUT2D eigenvalue weighted by Crippen LogP contribution is -2.25. The number of ether oxygens (including phenoxy) is 1. The molecule has 0 heterocycles. The lowest BCUT2D eigenvalue weighted by Gasteiger charge is -2.07. The molecule has 0 radical (unpaired) electrons. The summed E-state index contributed by atoms with van der Waals surface area (Å²) in [7, 11) is 1.46. The number of hydrogen-bond donors (Lipinski definition) is 0. The van der Waals surface area contributed by atoms with Crippen LogP contribution in [0.25, 0.3) is 0 Å². The van der Waals surface area contributed by atoms with Crippen molar-refractivity contribution in [2.75, 3.05) is 7.11 Å². The summed E-state index contributed by atoms with van der Waals surface area (Å²) >= 11 is 0. The van der Waals surface area contributed by atoms with E-state index in [1.54, 1.807) is 19.1 Å². The summed E-state index contributed by atoms with van der Waals surface area (Å²) in [6.45, 7) is 1.76. The highest BCUT2D eigenvalue weighted by atomic mass is 19.1. The van der Waals surface area contributed by atoms with Gasteiger partial charge in [-0.25, -0.2) is 4.39 Å². The number of carbonyl (C=O) groups is 2. The van der Waals surface area contributed by atoms with Crippen LogP contribution in [0.3, 0.4) is 0 Å². The third-order valence-corrected chi connectivity index (χ3v) is 2.36. The van der Waals surface area contributed by atoms with E-state index in [0.29, 0.717) is 12.2 Å². The molecule has 3 nitrogen and oxygen atoms in total. The average molecular weight is 238 g/mol. The monoisotopic (exact) mass is 238 g/mol. The van der Waals surface area contributed by atoms with Gasteiger partial charge in [-0.15, -0.1) is 0 Å². The van der Waals surface area contributed by atoms with E-state index in [9.17, 15) is 14.0 Å². The van der Waals surface area contributed by atoms with Gasteiger partial charge < -0.3 is 4.74 Å². The summed E-state index contributed by atoms with van der Waals surface area (Å²) in [5.74, 6) is -1.01. The standard InChI is InChI=1S/C13H15FO3/c1-3-5-11(15)12(14)13(16)9-6-4-7-10(8-9)17-2/h4,6-8,12H,3,5H2,1-2H3. The smallest absolute Gasteiger partial charge is 0.220 e. The molecule has 92 valence electrons. The number of ketones is 2. The van der Waals surface area contributed by atoms with Crippen LogP contribution >= 0.6 is 0 Å². The lowest BCUT2D eigenvalue weighted by molar-refractivity contribution is -0.122. The van der Waals surface area contributed by atoms with Gasteiger partial charge in [-0.3, -0.25) is 9.59 Å². The van der Waals surface area contributed by atoms with Gasteiger partial charge in [0.05, 0.1) is 7.11 Å². The zero-order chi connectivity index (χ0) is 12.8. The van der Waals surface area contributed by atoms with E-state index in [4.69, 9.17) is 4.74 Å². The second kappa shape index (κ2) is 6.13. The molecular weight excluding hydrogens is 223 g/mol. The average Bonchev–Trinajstić information content (AvgIpc) is 2.37. The van der Waals surface area contributed by atoms with Crippen LogP contribution < -0.4 is 4.74 Å². The first-order valence-electron chi connectivity index (χ1n) is 5.45. The Bertz CT molecular complexity index is 415. The molecule has 1 unspecified atom stereocenters. The van der Waals surface area contributed by atoms with E-state index in [2.05, 4.69) is 0 Å². The quantitative estimate of drug-likeness (QED) is 0.565. The molecule has 0 amide bonds. The Morgan fingerprint density at radius 2 is 2.12 bits per heavy atom. The van der Waals surface area contributed by atoms with Crippen LogP contribution in [-0.4, -0.2) is 24.8 Å². The molecule has 1 aromatic carbocycles. The zero-order valence-electron chi connectivity index (χ0n) is 9.90. The van der Waals surface area contributed by atoms with Crippen LogP contribution in [0.4, 0.5) is 4.39 Å². The van der Waals surface area contributed by atoms with Crippen molar-refractivity contribution in [1.82, 2.24) is 0 Å². The van der Waals surface area contributed by atoms with Crippen LogP contribution in [-0.2, 0) is 4.79 Å². The highest BCUT2D eigenvalue weighted by Gasteiger charge is 2.26. The van der Waals surface area contributed by atoms with Crippen LogP contribution in [0, 0.1) is 0 Å². The maximum absolute atomic E-state index is 13.6. The molecule has 0 aliphatic heterocycles. The molecule has 0 saturated carbocycles. The van der Waals surface area contributed by atoms with Gasteiger partial charge in [0.25, 0.3) is 0 Å². The first-order chi connectivity index (χ1) is 8.10. The second-order valence-corrected chi connectivity index (χ2v) is 3.68. The molecule has 0 aromatic heterocycles. The molecule has 0 aliphatic rings. The Hall–Kier alpha value is -1.71. The molecule has 0 saturated heterocycles. The molecule has 17 heavy (non-hydrogen) atoms. The van der Waals surface area contributed by atoms with Gasteiger partial charge in [0.15, 0.2) is 5.78 Å². The lowest BCUT2D eigenvalue weighted by atomic mass is 10.0. The third-order valence-electron chi connectivity index (χ3n) is 2.36. The minimum Gasteiger partial charge on any atom is -0.497 e. The van der Waals surface area contributed by atoms with Crippen molar-refractivity contribution in [2.45, 2.75) is 25.9 Å². The van der Waals surface area contributed by atoms with Crippen molar-refractivity contribution in [1.29, 1.82) is 0 Å². The van der Waals surface area contributed by atoms with Crippen molar-refractivity contribution in [3.8, 4) is 5.75 Å². The summed E-state index contributed by atoms with van der Waals surface area (Å²) in [5, 5.41) is 0. The molecule has 1 atom stereocenters. The Kier molecular flexibility index (Phi) is 4.82. The molecule has 0 spiro atoms. The number of rotatable bonds is 6. The summed E-state index contributed by atoms with van der Waals surface area (Å²) < 4.78 is 18.5. The first-order valence-corrected chi connectivity index (χ1v) is 5.45. The van der Waals surface area contributed by atoms with Gasteiger partial charge in [-0.2, -0.15) is 0 Å². The molecular formula is C13H15FO3. The van der Waals surface area contributed by atoms with E-state index in [1.807, 2.05) is 0 Å². The van der Waals surface area contributed by atoms with E-state index in [1.165, 1.54) is 19.2 Å². The van der Waals surface area contributed by atoms with Crippen molar-refractivity contribution in [3.05, 3.63) is 29.8 Å². The summed E-state index contributed by atoms with van der Waals surface area (Å²) in [6, 6.07) is 6.13. The van der Waals surface area contributed by atoms with Gasteiger partial charge >= 0.3 is 0 Å². The summed E-state index contributed by atoms with van der Waals surface area (Å²) in [6.07, 6.45) is -1.45. The van der Waals surface area contributed by atoms with Crippen molar-refractivity contribution in [2.24, 2.45) is 0 Å². The normalized spacial score (nSPS) is 11.9. The predicted octanol–water partition coefficient (Wildman–Crippen LogP) is 2.59. The van der Waals surface area contributed by atoms with Gasteiger partial charge in [0.1, 0.15) is 5.75 Å². The number of alkyl halides is 1. The molecule has 1 aromatic rings. The number of halogens is 1. The van der Waals surface area contributed by atoms with Crippen LogP contribution in [0.15, 0.2) is 24.3 Å². The molecule has 0 aliphatic carbocycles. The minimum atomic E-state index is -2.07. The number of methoxy groups -OCH3 is 1.